The Bertz CT molecular complexity index is 967. The standard InChI is InChI=1S/C21H16FN3O2/c22-18-9-6-16(7-10-18)8-15-21(17-4-2-1-3-5-17)24-23-19-11-13-20(14-12-19)25(26)27/h1-15,23H/b15-8+,24-21+. The average molecular weight is 361 g/mol. The minimum absolute atomic E-state index is 0.0176. The number of nitrogens with one attached hydrogen (secondary N) is 1. The van der Waals surface area contributed by atoms with Gasteiger partial charge in [0.05, 0.1) is 16.3 Å². The van der Waals surface area contributed by atoms with E-state index in [1.165, 1.54) is 24.3 Å². The Morgan fingerprint density at radius 3 is 2.26 bits per heavy atom. The number of hydrogen-bond donors (Lipinski definition) is 1. The average Bonchev–Trinajstić information content (AvgIpc) is 2.70. The molecule has 0 aromatic heterocycles. The predicted octanol–water partition coefficient (Wildman–Crippen LogP) is 5.26. The van der Waals surface area contributed by atoms with Crippen LogP contribution in [0.25, 0.3) is 6.08 Å². The van der Waals surface area contributed by atoms with Gasteiger partial charge in [0.1, 0.15) is 5.82 Å². The first-order valence-electron chi connectivity index (χ1n) is 8.19. The molecule has 3 rings (SSSR count). The van der Waals surface area contributed by atoms with E-state index in [9.17, 15) is 14.5 Å². The Morgan fingerprint density at radius 1 is 0.963 bits per heavy atom. The maximum atomic E-state index is 13.0. The van der Waals surface area contributed by atoms with E-state index in [0.29, 0.717) is 11.4 Å². The van der Waals surface area contributed by atoms with Crippen molar-refractivity contribution in [3.05, 3.63) is 112 Å². The van der Waals surface area contributed by atoms with Gasteiger partial charge >= 0.3 is 0 Å². The van der Waals surface area contributed by atoms with Crippen LogP contribution >= 0.6 is 0 Å². The number of nitro groups is 1. The van der Waals surface area contributed by atoms with Crippen molar-refractivity contribution in [3.8, 4) is 0 Å². The smallest absolute Gasteiger partial charge is 0.269 e. The Balaban J connectivity index is 1.84. The summed E-state index contributed by atoms with van der Waals surface area (Å²) in [6, 6.07) is 21.7. The zero-order valence-electron chi connectivity index (χ0n) is 14.2. The van der Waals surface area contributed by atoms with Gasteiger partial charge < -0.3 is 0 Å². The number of allylic oxidation sites excluding steroid dienone is 1. The summed E-state index contributed by atoms with van der Waals surface area (Å²) in [5.41, 5.74) is 5.96. The molecule has 0 heterocycles. The van der Waals surface area contributed by atoms with Crippen molar-refractivity contribution < 1.29 is 9.31 Å². The van der Waals surface area contributed by atoms with Crippen molar-refractivity contribution in [1.29, 1.82) is 0 Å². The Labute approximate surface area is 155 Å². The molecule has 27 heavy (non-hydrogen) atoms. The van der Waals surface area contributed by atoms with Gasteiger partial charge in [-0.2, -0.15) is 5.10 Å². The highest BCUT2D eigenvalue weighted by atomic mass is 19.1. The molecule has 0 amide bonds. The van der Waals surface area contributed by atoms with Crippen LogP contribution < -0.4 is 5.43 Å². The summed E-state index contributed by atoms with van der Waals surface area (Å²) in [5, 5.41) is 15.1. The predicted molar refractivity (Wildman–Crippen MR) is 105 cm³/mol. The number of rotatable bonds is 6. The van der Waals surface area contributed by atoms with Crippen LogP contribution in [0.5, 0.6) is 0 Å². The highest BCUT2D eigenvalue weighted by molar-refractivity contribution is 6.11. The maximum absolute atomic E-state index is 13.0. The fourth-order valence-corrected chi connectivity index (χ4v) is 2.34. The molecule has 0 saturated heterocycles. The van der Waals surface area contributed by atoms with E-state index < -0.39 is 4.92 Å². The zero-order chi connectivity index (χ0) is 19.1. The largest absolute Gasteiger partial charge is 0.278 e. The van der Waals surface area contributed by atoms with Crippen LogP contribution in [0, 0.1) is 15.9 Å². The molecule has 0 atom stereocenters. The first-order chi connectivity index (χ1) is 13.1. The van der Waals surface area contributed by atoms with Gasteiger partial charge in [-0.3, -0.25) is 15.5 Å². The lowest BCUT2D eigenvalue weighted by atomic mass is 10.1. The van der Waals surface area contributed by atoms with Crippen LogP contribution in [-0.2, 0) is 0 Å². The molecule has 0 saturated carbocycles. The molecule has 0 unspecified atom stereocenters. The number of non-ortho nitro benzene ring substituents is 1. The van der Waals surface area contributed by atoms with E-state index in [2.05, 4.69) is 10.5 Å². The third-order valence-corrected chi connectivity index (χ3v) is 3.76. The molecule has 0 aliphatic rings. The molecule has 0 fully saturated rings. The van der Waals surface area contributed by atoms with Crippen molar-refractivity contribution in [2.45, 2.75) is 0 Å². The van der Waals surface area contributed by atoms with Gasteiger partial charge in [0.25, 0.3) is 5.69 Å². The van der Waals surface area contributed by atoms with E-state index in [1.807, 2.05) is 42.5 Å². The van der Waals surface area contributed by atoms with Crippen LogP contribution in [-0.4, -0.2) is 10.6 Å². The maximum Gasteiger partial charge on any atom is 0.269 e. The first kappa shape index (κ1) is 18.0. The summed E-state index contributed by atoms with van der Waals surface area (Å²) in [4.78, 5) is 10.3. The molecular formula is C21H16FN3O2. The molecule has 0 bridgehead atoms. The number of hydrazone groups is 1. The van der Waals surface area contributed by atoms with Crippen LogP contribution in [0.3, 0.4) is 0 Å². The van der Waals surface area contributed by atoms with E-state index in [1.54, 1.807) is 24.3 Å². The fourth-order valence-electron chi connectivity index (χ4n) is 2.34. The number of halogens is 1. The molecule has 134 valence electrons. The van der Waals surface area contributed by atoms with Gasteiger partial charge in [0, 0.05) is 17.7 Å². The van der Waals surface area contributed by atoms with Gasteiger partial charge in [-0.05, 0) is 35.9 Å². The Hall–Kier alpha value is -3.80. The lowest BCUT2D eigenvalue weighted by molar-refractivity contribution is -0.384. The van der Waals surface area contributed by atoms with Crippen LogP contribution in [0.1, 0.15) is 11.1 Å². The molecule has 3 aromatic carbocycles. The molecule has 6 heteroatoms. The first-order valence-corrected chi connectivity index (χ1v) is 8.19. The highest BCUT2D eigenvalue weighted by Crippen LogP contribution is 2.16. The third kappa shape index (κ3) is 5.09. The summed E-state index contributed by atoms with van der Waals surface area (Å²) in [6.07, 6.45) is 3.66. The molecule has 0 aliphatic heterocycles. The molecule has 0 radical (unpaired) electrons. The molecule has 1 N–H and O–H groups in total. The second-order valence-corrected chi connectivity index (χ2v) is 5.66. The SMILES string of the molecule is O=[N+]([O-])c1ccc(N/N=C(\C=C\c2ccc(F)cc2)c2ccccc2)cc1. The van der Waals surface area contributed by atoms with Crippen LogP contribution in [0.2, 0.25) is 0 Å². The van der Waals surface area contributed by atoms with Crippen molar-refractivity contribution in [2.75, 3.05) is 5.43 Å². The van der Waals surface area contributed by atoms with E-state index in [-0.39, 0.29) is 11.5 Å². The summed E-state index contributed by atoms with van der Waals surface area (Å²) in [7, 11) is 0. The molecule has 0 aliphatic carbocycles. The van der Waals surface area contributed by atoms with Crippen LogP contribution in [0.15, 0.2) is 90.0 Å². The van der Waals surface area contributed by atoms with Crippen molar-refractivity contribution in [1.82, 2.24) is 0 Å². The van der Waals surface area contributed by atoms with E-state index in [0.717, 1.165) is 11.1 Å². The van der Waals surface area contributed by atoms with E-state index in [4.69, 9.17) is 0 Å². The Morgan fingerprint density at radius 2 is 1.63 bits per heavy atom. The second kappa shape index (κ2) is 8.53. The lowest BCUT2D eigenvalue weighted by Crippen LogP contribution is -2.01. The number of hydrogen-bond acceptors (Lipinski definition) is 4. The van der Waals surface area contributed by atoms with Crippen molar-refractivity contribution in [2.24, 2.45) is 5.10 Å². The number of benzene rings is 3. The monoisotopic (exact) mass is 361 g/mol. The molecule has 5 nitrogen and oxygen atoms in total. The summed E-state index contributed by atoms with van der Waals surface area (Å²) in [5.74, 6) is -0.288. The minimum atomic E-state index is -0.451. The fraction of sp³-hybridized carbons (Fsp3) is 0. The van der Waals surface area contributed by atoms with Gasteiger partial charge in [-0.1, -0.05) is 48.5 Å². The molecule has 0 spiro atoms. The molecular weight excluding hydrogens is 345 g/mol. The van der Waals surface area contributed by atoms with Crippen molar-refractivity contribution >= 4 is 23.2 Å². The van der Waals surface area contributed by atoms with Gasteiger partial charge in [0.15, 0.2) is 0 Å². The normalized spacial score (nSPS) is 11.5. The van der Waals surface area contributed by atoms with Gasteiger partial charge in [-0.25, -0.2) is 4.39 Å². The van der Waals surface area contributed by atoms with Crippen LogP contribution in [0.4, 0.5) is 15.8 Å². The quantitative estimate of drug-likeness (QED) is 0.370. The summed E-state index contributed by atoms with van der Waals surface area (Å²) in [6.45, 7) is 0. The number of nitrogens with zero attached hydrogens (tertiary/aromatic N) is 2. The summed E-state index contributed by atoms with van der Waals surface area (Å²) < 4.78 is 13.0. The van der Waals surface area contributed by atoms with Gasteiger partial charge in [0.2, 0.25) is 0 Å². The highest BCUT2D eigenvalue weighted by Gasteiger charge is 2.04. The second-order valence-electron chi connectivity index (χ2n) is 5.66. The summed E-state index contributed by atoms with van der Waals surface area (Å²) >= 11 is 0. The van der Waals surface area contributed by atoms with Gasteiger partial charge in [-0.15, -0.1) is 0 Å². The number of nitro benzene ring substituents is 1. The van der Waals surface area contributed by atoms with Crippen molar-refractivity contribution in [3.63, 3.8) is 0 Å². The Kier molecular flexibility index (Phi) is 5.69. The van der Waals surface area contributed by atoms with E-state index >= 15 is 0 Å². The molecule has 3 aromatic rings. The lowest BCUT2D eigenvalue weighted by Gasteiger charge is -2.05. The topological polar surface area (TPSA) is 67.5 Å². The zero-order valence-corrected chi connectivity index (χ0v) is 14.2. The number of anilines is 1. The minimum Gasteiger partial charge on any atom is -0.278 e. The third-order valence-electron chi connectivity index (χ3n) is 3.76.